The van der Waals surface area contributed by atoms with Crippen LogP contribution in [0.15, 0.2) is 6.20 Å². The number of amides is 1. The van der Waals surface area contributed by atoms with Crippen molar-refractivity contribution >= 4 is 23.5 Å². The summed E-state index contributed by atoms with van der Waals surface area (Å²) >= 11 is 1.73. The number of aromatic nitrogens is 2. The number of nitrogens with zero attached hydrogens (tertiary/aromatic N) is 1. The van der Waals surface area contributed by atoms with Gasteiger partial charge in [-0.1, -0.05) is 0 Å². The fraction of sp³-hybridized carbons (Fsp3) is 0.600. The Labute approximate surface area is 98.6 Å². The molecule has 2 rings (SSSR count). The van der Waals surface area contributed by atoms with Gasteiger partial charge in [0.15, 0.2) is 0 Å². The molecule has 1 atom stereocenters. The molecule has 1 aliphatic rings. The average Bonchev–Trinajstić information content (AvgIpc) is 2.85. The fourth-order valence-corrected chi connectivity index (χ4v) is 3.01. The van der Waals surface area contributed by atoms with Crippen molar-refractivity contribution in [2.45, 2.75) is 31.1 Å². The first-order chi connectivity index (χ1) is 7.62. The number of rotatable bonds is 3. The van der Waals surface area contributed by atoms with E-state index in [4.69, 9.17) is 5.73 Å². The molecule has 1 fully saturated rings. The van der Waals surface area contributed by atoms with E-state index in [0.717, 1.165) is 24.2 Å². The van der Waals surface area contributed by atoms with Gasteiger partial charge in [0.25, 0.3) is 0 Å². The van der Waals surface area contributed by atoms with Crippen molar-refractivity contribution < 1.29 is 4.79 Å². The van der Waals surface area contributed by atoms with Crippen LogP contribution in [0.3, 0.4) is 0 Å². The van der Waals surface area contributed by atoms with E-state index < -0.39 is 0 Å². The summed E-state index contributed by atoms with van der Waals surface area (Å²) in [7, 11) is 0. The third-order valence-corrected chi connectivity index (χ3v) is 4.41. The van der Waals surface area contributed by atoms with Gasteiger partial charge >= 0.3 is 0 Å². The molecule has 1 amide bonds. The molecule has 16 heavy (non-hydrogen) atoms. The third kappa shape index (κ3) is 2.16. The summed E-state index contributed by atoms with van der Waals surface area (Å²) in [6.07, 6.45) is 3.70. The molecule has 1 aliphatic heterocycles. The first kappa shape index (κ1) is 11.3. The van der Waals surface area contributed by atoms with Gasteiger partial charge in [-0.15, -0.1) is 11.8 Å². The van der Waals surface area contributed by atoms with Crippen molar-refractivity contribution in [3.8, 4) is 0 Å². The molecule has 0 aliphatic carbocycles. The molecular weight excluding hydrogens is 224 g/mol. The zero-order chi connectivity index (χ0) is 11.6. The van der Waals surface area contributed by atoms with E-state index in [1.165, 1.54) is 0 Å². The number of carbonyl (C=O) groups excluding carboxylic acids is 1. The number of hydrogen-bond donors (Lipinski definition) is 3. The Kier molecular flexibility index (Phi) is 3.09. The highest BCUT2D eigenvalue weighted by molar-refractivity contribution is 8.01. The van der Waals surface area contributed by atoms with E-state index in [-0.39, 0.29) is 10.7 Å². The van der Waals surface area contributed by atoms with Crippen LogP contribution in [0.4, 0.5) is 5.82 Å². The lowest BCUT2D eigenvalue weighted by Crippen LogP contribution is -2.39. The highest BCUT2D eigenvalue weighted by Crippen LogP contribution is 2.37. The lowest BCUT2D eigenvalue weighted by molar-refractivity contribution is -0.123. The first-order valence-electron chi connectivity index (χ1n) is 5.32. The molecule has 5 nitrogen and oxygen atoms in total. The second-order valence-corrected chi connectivity index (χ2v) is 5.77. The van der Waals surface area contributed by atoms with Crippen molar-refractivity contribution in [2.24, 2.45) is 0 Å². The van der Waals surface area contributed by atoms with Crippen LogP contribution < -0.4 is 11.1 Å². The fourth-order valence-electron chi connectivity index (χ4n) is 1.78. The van der Waals surface area contributed by atoms with Gasteiger partial charge in [0.05, 0.1) is 10.9 Å². The van der Waals surface area contributed by atoms with Gasteiger partial charge < -0.3 is 11.1 Å². The first-order valence-corrected chi connectivity index (χ1v) is 6.30. The van der Waals surface area contributed by atoms with Crippen LogP contribution >= 0.6 is 11.8 Å². The van der Waals surface area contributed by atoms with Gasteiger partial charge in [0.1, 0.15) is 5.82 Å². The molecule has 0 saturated carbocycles. The smallest absolute Gasteiger partial charge is 0.236 e. The summed E-state index contributed by atoms with van der Waals surface area (Å²) in [6.45, 7) is 2.44. The number of hydrogen-bond acceptors (Lipinski definition) is 4. The topological polar surface area (TPSA) is 83.8 Å². The van der Waals surface area contributed by atoms with Crippen molar-refractivity contribution in [3.63, 3.8) is 0 Å². The minimum absolute atomic E-state index is 0.0931. The SMILES string of the molecule is CC1(C(=O)NCc2cn[nH]c2N)CCCS1. The normalized spacial score (nSPS) is 24.6. The van der Waals surface area contributed by atoms with Gasteiger partial charge in [-0.2, -0.15) is 5.10 Å². The van der Waals surface area contributed by atoms with Crippen LogP contribution in [0.1, 0.15) is 25.3 Å². The highest BCUT2D eigenvalue weighted by Gasteiger charge is 2.36. The second-order valence-electron chi connectivity index (χ2n) is 4.17. The lowest BCUT2D eigenvalue weighted by atomic mass is 10.0. The summed E-state index contributed by atoms with van der Waals surface area (Å²) < 4.78 is -0.265. The molecule has 1 aromatic rings. The number of anilines is 1. The van der Waals surface area contributed by atoms with Gasteiger partial charge in [-0.05, 0) is 25.5 Å². The number of H-pyrrole nitrogens is 1. The monoisotopic (exact) mass is 240 g/mol. The Bertz CT molecular complexity index is 384. The standard InChI is InChI=1S/C10H16N4OS/c1-10(3-2-4-16-10)9(15)12-5-7-6-13-14-8(7)11/h6H,2-5H2,1H3,(H,12,15)(H3,11,13,14). The maximum absolute atomic E-state index is 12.0. The van der Waals surface area contributed by atoms with Gasteiger partial charge in [0.2, 0.25) is 5.91 Å². The van der Waals surface area contributed by atoms with Crippen LogP contribution in [0.5, 0.6) is 0 Å². The zero-order valence-electron chi connectivity index (χ0n) is 9.25. The number of nitrogen functional groups attached to an aromatic ring is 1. The van der Waals surface area contributed by atoms with E-state index in [2.05, 4.69) is 15.5 Å². The summed E-state index contributed by atoms with van der Waals surface area (Å²) in [5, 5.41) is 9.36. The number of nitrogens with two attached hydrogens (primary N) is 1. The molecule has 6 heteroatoms. The molecule has 0 aromatic carbocycles. The van der Waals surface area contributed by atoms with E-state index in [1.807, 2.05) is 6.92 Å². The summed E-state index contributed by atoms with van der Waals surface area (Å²) in [5.74, 6) is 1.68. The Morgan fingerprint density at radius 1 is 1.81 bits per heavy atom. The van der Waals surface area contributed by atoms with Crippen LogP contribution in [0, 0.1) is 0 Å². The lowest BCUT2D eigenvalue weighted by Gasteiger charge is -2.21. The molecule has 0 bridgehead atoms. The average molecular weight is 240 g/mol. The van der Waals surface area contributed by atoms with Crippen molar-refractivity contribution in [1.29, 1.82) is 0 Å². The molecular formula is C10H16N4OS. The van der Waals surface area contributed by atoms with E-state index >= 15 is 0 Å². The quantitative estimate of drug-likeness (QED) is 0.732. The van der Waals surface area contributed by atoms with E-state index in [9.17, 15) is 4.79 Å². The van der Waals surface area contributed by atoms with Crippen LogP contribution in [0.25, 0.3) is 0 Å². The summed E-state index contributed by atoms with van der Waals surface area (Å²) in [6, 6.07) is 0. The van der Waals surface area contributed by atoms with Gasteiger partial charge in [-0.3, -0.25) is 9.89 Å². The number of nitrogens with one attached hydrogen (secondary N) is 2. The number of aromatic amines is 1. The Morgan fingerprint density at radius 2 is 2.62 bits per heavy atom. The summed E-state index contributed by atoms with van der Waals surface area (Å²) in [4.78, 5) is 12.0. The van der Waals surface area contributed by atoms with Crippen LogP contribution in [0.2, 0.25) is 0 Å². The molecule has 2 heterocycles. The van der Waals surface area contributed by atoms with Gasteiger partial charge in [0, 0.05) is 12.1 Å². The zero-order valence-corrected chi connectivity index (χ0v) is 10.1. The molecule has 1 aromatic heterocycles. The van der Waals surface area contributed by atoms with E-state index in [1.54, 1.807) is 18.0 Å². The second kappa shape index (κ2) is 4.37. The number of thioether (sulfide) groups is 1. The largest absolute Gasteiger partial charge is 0.384 e. The van der Waals surface area contributed by atoms with Crippen molar-refractivity contribution in [2.75, 3.05) is 11.5 Å². The van der Waals surface area contributed by atoms with Crippen molar-refractivity contribution in [1.82, 2.24) is 15.5 Å². The molecule has 4 N–H and O–H groups in total. The maximum atomic E-state index is 12.0. The maximum Gasteiger partial charge on any atom is 0.236 e. The molecule has 0 spiro atoms. The van der Waals surface area contributed by atoms with Crippen LogP contribution in [-0.4, -0.2) is 26.6 Å². The molecule has 88 valence electrons. The van der Waals surface area contributed by atoms with Gasteiger partial charge in [-0.25, -0.2) is 0 Å². The summed E-state index contributed by atoms with van der Waals surface area (Å²) in [5.41, 5.74) is 6.47. The minimum Gasteiger partial charge on any atom is -0.384 e. The molecule has 1 unspecified atom stereocenters. The predicted molar refractivity (Wildman–Crippen MR) is 64.9 cm³/mol. The third-order valence-electron chi connectivity index (χ3n) is 2.89. The predicted octanol–water partition coefficient (Wildman–Crippen LogP) is 0.894. The van der Waals surface area contributed by atoms with Crippen LogP contribution in [-0.2, 0) is 11.3 Å². The Morgan fingerprint density at radius 3 is 3.19 bits per heavy atom. The molecule has 0 radical (unpaired) electrons. The van der Waals surface area contributed by atoms with Crippen molar-refractivity contribution in [3.05, 3.63) is 11.8 Å². The minimum atomic E-state index is -0.265. The number of carbonyl (C=O) groups is 1. The highest BCUT2D eigenvalue weighted by atomic mass is 32.2. The molecule has 1 saturated heterocycles. The Balaban J connectivity index is 1.91. The van der Waals surface area contributed by atoms with E-state index in [0.29, 0.717) is 12.4 Å². The Hall–Kier alpha value is -1.17.